The SMILES string of the molecule is Cc1c(C(=O)N2CCN(CCc3ccccc3)CC2)nnn1-c1cccc(Cl)c1. The third kappa shape index (κ3) is 4.49. The molecule has 3 aromatic rings. The van der Waals surface area contributed by atoms with E-state index in [1.807, 2.05) is 36.1 Å². The van der Waals surface area contributed by atoms with Crippen molar-refractivity contribution in [2.45, 2.75) is 13.3 Å². The number of carbonyl (C=O) groups is 1. The van der Waals surface area contributed by atoms with Gasteiger partial charge in [0, 0.05) is 37.7 Å². The maximum absolute atomic E-state index is 13.0. The molecule has 2 heterocycles. The van der Waals surface area contributed by atoms with Crippen LogP contribution in [0.2, 0.25) is 5.02 Å². The highest BCUT2D eigenvalue weighted by molar-refractivity contribution is 6.30. The zero-order valence-corrected chi connectivity index (χ0v) is 17.2. The van der Waals surface area contributed by atoms with Crippen molar-refractivity contribution in [2.75, 3.05) is 32.7 Å². The monoisotopic (exact) mass is 409 g/mol. The van der Waals surface area contributed by atoms with Crippen molar-refractivity contribution in [1.82, 2.24) is 24.8 Å². The summed E-state index contributed by atoms with van der Waals surface area (Å²) >= 11 is 6.08. The molecular weight excluding hydrogens is 386 g/mol. The first-order valence-corrected chi connectivity index (χ1v) is 10.2. The molecule has 4 rings (SSSR count). The zero-order valence-electron chi connectivity index (χ0n) is 16.5. The second-order valence-electron chi connectivity index (χ2n) is 7.28. The predicted molar refractivity (Wildman–Crippen MR) is 114 cm³/mol. The van der Waals surface area contributed by atoms with E-state index in [0.29, 0.717) is 23.8 Å². The lowest BCUT2D eigenvalue weighted by Crippen LogP contribution is -2.49. The van der Waals surface area contributed by atoms with Gasteiger partial charge >= 0.3 is 0 Å². The summed E-state index contributed by atoms with van der Waals surface area (Å²) in [5, 5.41) is 8.95. The lowest BCUT2D eigenvalue weighted by atomic mass is 10.1. The van der Waals surface area contributed by atoms with Crippen LogP contribution >= 0.6 is 11.6 Å². The van der Waals surface area contributed by atoms with Crippen molar-refractivity contribution >= 4 is 17.5 Å². The van der Waals surface area contributed by atoms with Gasteiger partial charge in [-0.15, -0.1) is 5.10 Å². The lowest BCUT2D eigenvalue weighted by Gasteiger charge is -2.34. The van der Waals surface area contributed by atoms with Gasteiger partial charge < -0.3 is 4.90 Å². The predicted octanol–water partition coefficient (Wildman–Crippen LogP) is 3.23. The van der Waals surface area contributed by atoms with Gasteiger partial charge in [0.25, 0.3) is 5.91 Å². The van der Waals surface area contributed by atoms with E-state index in [1.165, 1.54) is 5.56 Å². The third-order valence-corrected chi connectivity index (χ3v) is 5.60. The van der Waals surface area contributed by atoms with Gasteiger partial charge in [-0.05, 0) is 37.1 Å². The van der Waals surface area contributed by atoms with E-state index in [1.54, 1.807) is 10.7 Å². The van der Waals surface area contributed by atoms with Gasteiger partial charge in [0.15, 0.2) is 5.69 Å². The molecule has 0 N–H and O–H groups in total. The highest BCUT2D eigenvalue weighted by atomic mass is 35.5. The number of amides is 1. The number of hydrogen-bond donors (Lipinski definition) is 0. The molecule has 150 valence electrons. The van der Waals surface area contributed by atoms with Gasteiger partial charge in [-0.25, -0.2) is 4.68 Å². The number of hydrogen-bond acceptors (Lipinski definition) is 4. The molecule has 0 bridgehead atoms. The number of piperazine rings is 1. The van der Waals surface area contributed by atoms with Crippen molar-refractivity contribution in [2.24, 2.45) is 0 Å². The van der Waals surface area contributed by atoms with Crippen LogP contribution in [0.5, 0.6) is 0 Å². The number of benzene rings is 2. The molecular formula is C22H24ClN5O. The second kappa shape index (κ2) is 8.76. The molecule has 1 fully saturated rings. The van der Waals surface area contributed by atoms with Crippen molar-refractivity contribution in [3.8, 4) is 5.69 Å². The minimum Gasteiger partial charge on any atom is -0.335 e. The van der Waals surface area contributed by atoms with Crippen LogP contribution in [0.15, 0.2) is 54.6 Å². The molecule has 0 atom stereocenters. The highest BCUT2D eigenvalue weighted by Crippen LogP contribution is 2.18. The first-order chi connectivity index (χ1) is 14.1. The fraction of sp³-hybridized carbons (Fsp3) is 0.318. The van der Waals surface area contributed by atoms with Gasteiger partial charge in [-0.1, -0.05) is 53.2 Å². The topological polar surface area (TPSA) is 54.3 Å². The summed E-state index contributed by atoms with van der Waals surface area (Å²) < 4.78 is 1.66. The van der Waals surface area contributed by atoms with E-state index >= 15 is 0 Å². The van der Waals surface area contributed by atoms with Crippen LogP contribution in [0.3, 0.4) is 0 Å². The molecule has 29 heavy (non-hydrogen) atoms. The van der Waals surface area contributed by atoms with Gasteiger partial charge in [0.2, 0.25) is 0 Å². The van der Waals surface area contributed by atoms with Gasteiger partial charge in [-0.2, -0.15) is 0 Å². The number of nitrogens with zero attached hydrogens (tertiary/aromatic N) is 5. The molecule has 0 radical (unpaired) electrons. The lowest BCUT2D eigenvalue weighted by molar-refractivity contribution is 0.0632. The fourth-order valence-electron chi connectivity index (χ4n) is 3.64. The number of rotatable bonds is 5. The average molecular weight is 410 g/mol. The summed E-state index contributed by atoms with van der Waals surface area (Å²) in [6.45, 7) is 6.04. The smallest absolute Gasteiger partial charge is 0.276 e. The molecule has 0 spiro atoms. The summed E-state index contributed by atoms with van der Waals surface area (Å²) in [6, 6.07) is 17.9. The van der Waals surface area contributed by atoms with Crippen molar-refractivity contribution in [3.63, 3.8) is 0 Å². The number of carbonyl (C=O) groups excluding carboxylic acids is 1. The van der Waals surface area contributed by atoms with Crippen molar-refractivity contribution < 1.29 is 4.79 Å². The summed E-state index contributed by atoms with van der Waals surface area (Å²) in [5.74, 6) is -0.0570. The minimum atomic E-state index is -0.0570. The molecule has 2 aromatic carbocycles. The maximum Gasteiger partial charge on any atom is 0.276 e. The fourth-order valence-corrected chi connectivity index (χ4v) is 3.82. The van der Waals surface area contributed by atoms with Crippen LogP contribution < -0.4 is 0 Å². The van der Waals surface area contributed by atoms with E-state index in [0.717, 1.165) is 37.4 Å². The molecule has 0 unspecified atom stereocenters. The molecule has 1 aromatic heterocycles. The molecule has 1 amide bonds. The Balaban J connectivity index is 1.36. The highest BCUT2D eigenvalue weighted by Gasteiger charge is 2.26. The second-order valence-corrected chi connectivity index (χ2v) is 7.72. The molecule has 6 nitrogen and oxygen atoms in total. The van der Waals surface area contributed by atoms with Gasteiger partial charge in [-0.3, -0.25) is 9.69 Å². The van der Waals surface area contributed by atoms with Crippen LogP contribution in [-0.2, 0) is 6.42 Å². The minimum absolute atomic E-state index is 0.0570. The van der Waals surface area contributed by atoms with Gasteiger partial charge in [0.05, 0.1) is 11.4 Å². The third-order valence-electron chi connectivity index (χ3n) is 5.37. The van der Waals surface area contributed by atoms with Crippen LogP contribution in [-0.4, -0.2) is 63.4 Å². The summed E-state index contributed by atoms with van der Waals surface area (Å²) in [4.78, 5) is 17.3. The van der Waals surface area contributed by atoms with E-state index < -0.39 is 0 Å². The zero-order chi connectivity index (χ0) is 20.2. The number of halogens is 1. The Morgan fingerprint density at radius 1 is 1.03 bits per heavy atom. The first-order valence-electron chi connectivity index (χ1n) is 9.85. The first kappa shape index (κ1) is 19.6. The van der Waals surface area contributed by atoms with E-state index in [4.69, 9.17) is 11.6 Å². The van der Waals surface area contributed by atoms with E-state index in [2.05, 4.69) is 39.5 Å². The molecule has 0 aliphatic carbocycles. The molecule has 7 heteroatoms. The number of aromatic nitrogens is 3. The quantitative estimate of drug-likeness (QED) is 0.649. The Morgan fingerprint density at radius 2 is 1.79 bits per heavy atom. The van der Waals surface area contributed by atoms with E-state index in [-0.39, 0.29) is 5.91 Å². The van der Waals surface area contributed by atoms with E-state index in [9.17, 15) is 4.79 Å². The molecule has 1 aliphatic rings. The van der Waals surface area contributed by atoms with Crippen LogP contribution in [0.1, 0.15) is 21.7 Å². The van der Waals surface area contributed by atoms with Crippen LogP contribution in [0, 0.1) is 6.92 Å². The van der Waals surface area contributed by atoms with Crippen molar-refractivity contribution in [1.29, 1.82) is 0 Å². The van der Waals surface area contributed by atoms with Gasteiger partial charge in [0.1, 0.15) is 0 Å². The van der Waals surface area contributed by atoms with Crippen LogP contribution in [0.25, 0.3) is 5.69 Å². The van der Waals surface area contributed by atoms with Crippen LogP contribution in [0.4, 0.5) is 0 Å². The Hall–Kier alpha value is -2.70. The molecule has 0 saturated carbocycles. The normalized spacial score (nSPS) is 14.9. The Labute approximate surface area is 175 Å². The largest absolute Gasteiger partial charge is 0.335 e. The maximum atomic E-state index is 13.0. The molecule has 1 aliphatic heterocycles. The average Bonchev–Trinajstić information content (AvgIpc) is 3.14. The molecule has 1 saturated heterocycles. The Bertz CT molecular complexity index is 980. The standard InChI is InChI=1S/C22H24ClN5O/c1-17-21(24-25-28(17)20-9-5-8-19(23)16-20)22(29)27-14-12-26(13-15-27)11-10-18-6-3-2-4-7-18/h2-9,16H,10-15H2,1H3. The Kier molecular flexibility index (Phi) is 5.92. The summed E-state index contributed by atoms with van der Waals surface area (Å²) in [5.41, 5.74) is 3.28. The summed E-state index contributed by atoms with van der Waals surface area (Å²) in [7, 11) is 0. The van der Waals surface area contributed by atoms with Crippen molar-refractivity contribution in [3.05, 3.63) is 76.6 Å². The summed E-state index contributed by atoms with van der Waals surface area (Å²) in [6.07, 6.45) is 1.03. The Morgan fingerprint density at radius 3 is 2.52 bits per heavy atom.